The second kappa shape index (κ2) is 7.29. The van der Waals surface area contributed by atoms with Gasteiger partial charge in [0.15, 0.2) is 11.6 Å². The van der Waals surface area contributed by atoms with Gasteiger partial charge in [-0.25, -0.2) is 4.39 Å². The second-order valence-corrected chi connectivity index (χ2v) is 4.94. The number of methoxy groups -OCH3 is 1. The van der Waals surface area contributed by atoms with E-state index in [0.29, 0.717) is 17.4 Å². The average molecular weight is 310 g/mol. The van der Waals surface area contributed by atoms with Gasteiger partial charge in [0.1, 0.15) is 12.4 Å². The molecule has 0 aliphatic rings. The lowest BCUT2D eigenvalue weighted by molar-refractivity contribution is 0.272. The quantitative estimate of drug-likeness (QED) is 0.880. The van der Waals surface area contributed by atoms with Crippen LogP contribution < -0.4 is 14.8 Å². The molecule has 1 N–H and O–H groups in total. The highest BCUT2D eigenvalue weighted by atomic mass is 35.5. The molecule has 0 saturated heterocycles. The van der Waals surface area contributed by atoms with Crippen LogP contribution in [0.4, 0.5) is 4.39 Å². The summed E-state index contributed by atoms with van der Waals surface area (Å²) >= 11 is 5.82. The third-order valence-electron chi connectivity index (χ3n) is 3.16. The van der Waals surface area contributed by atoms with Gasteiger partial charge in [0, 0.05) is 5.02 Å². The SMILES string of the molecule is CNC(COc1ccc(Cl)cc1)c1ccc(OC)c(F)c1. The highest BCUT2D eigenvalue weighted by Crippen LogP contribution is 2.23. The van der Waals surface area contributed by atoms with E-state index in [9.17, 15) is 4.39 Å². The molecule has 2 aromatic rings. The number of nitrogens with one attached hydrogen (secondary N) is 1. The first-order valence-corrected chi connectivity index (χ1v) is 6.91. The van der Waals surface area contributed by atoms with Gasteiger partial charge in [-0.05, 0) is 49.0 Å². The van der Waals surface area contributed by atoms with Crippen LogP contribution in [0.25, 0.3) is 0 Å². The lowest BCUT2D eigenvalue weighted by Gasteiger charge is -2.18. The fourth-order valence-corrected chi connectivity index (χ4v) is 2.08. The Hall–Kier alpha value is -1.78. The summed E-state index contributed by atoms with van der Waals surface area (Å²) in [6, 6.07) is 11.9. The number of rotatable bonds is 6. The summed E-state index contributed by atoms with van der Waals surface area (Å²) in [5, 5.41) is 3.76. The van der Waals surface area contributed by atoms with Gasteiger partial charge >= 0.3 is 0 Å². The lowest BCUT2D eigenvalue weighted by Crippen LogP contribution is -2.23. The molecule has 2 rings (SSSR count). The minimum Gasteiger partial charge on any atom is -0.494 e. The number of hydrogen-bond donors (Lipinski definition) is 1. The van der Waals surface area contributed by atoms with Crippen LogP contribution in [0.1, 0.15) is 11.6 Å². The third-order valence-corrected chi connectivity index (χ3v) is 3.41. The van der Waals surface area contributed by atoms with Crippen LogP contribution in [0, 0.1) is 5.82 Å². The highest BCUT2D eigenvalue weighted by molar-refractivity contribution is 6.30. The molecule has 0 fully saturated rings. The van der Waals surface area contributed by atoms with Gasteiger partial charge in [-0.2, -0.15) is 0 Å². The molecular weight excluding hydrogens is 293 g/mol. The molecule has 0 saturated carbocycles. The molecule has 0 spiro atoms. The molecular formula is C16H17ClFNO2. The van der Waals surface area contributed by atoms with Crippen LogP contribution >= 0.6 is 11.6 Å². The van der Waals surface area contributed by atoms with Crippen LogP contribution in [0.15, 0.2) is 42.5 Å². The van der Waals surface area contributed by atoms with E-state index in [-0.39, 0.29) is 17.6 Å². The molecule has 1 atom stereocenters. The van der Waals surface area contributed by atoms with Crippen molar-refractivity contribution in [2.24, 2.45) is 0 Å². The van der Waals surface area contributed by atoms with Crippen molar-refractivity contribution in [2.45, 2.75) is 6.04 Å². The fourth-order valence-electron chi connectivity index (χ4n) is 1.96. The summed E-state index contributed by atoms with van der Waals surface area (Å²) in [5.41, 5.74) is 0.796. The number of benzene rings is 2. The van der Waals surface area contributed by atoms with E-state index in [1.54, 1.807) is 37.4 Å². The zero-order chi connectivity index (χ0) is 15.2. The van der Waals surface area contributed by atoms with Crippen molar-refractivity contribution in [3.8, 4) is 11.5 Å². The van der Waals surface area contributed by atoms with Crippen molar-refractivity contribution in [1.29, 1.82) is 0 Å². The molecule has 0 aliphatic carbocycles. The van der Waals surface area contributed by atoms with E-state index in [4.69, 9.17) is 21.1 Å². The number of halogens is 2. The standard InChI is InChI=1S/C16H17ClFNO2/c1-19-15(10-21-13-6-4-12(17)5-7-13)11-3-8-16(20-2)14(18)9-11/h3-9,15,19H,10H2,1-2H3. The molecule has 0 heterocycles. The summed E-state index contributed by atoms with van der Waals surface area (Å²) in [7, 11) is 3.25. The summed E-state index contributed by atoms with van der Waals surface area (Å²) in [6.45, 7) is 0.379. The first-order valence-electron chi connectivity index (χ1n) is 6.53. The van der Waals surface area contributed by atoms with Gasteiger partial charge in [-0.15, -0.1) is 0 Å². The van der Waals surface area contributed by atoms with Gasteiger partial charge < -0.3 is 14.8 Å². The van der Waals surface area contributed by atoms with Gasteiger partial charge in [-0.3, -0.25) is 0 Å². The van der Waals surface area contributed by atoms with E-state index in [0.717, 1.165) is 5.56 Å². The Labute approximate surface area is 128 Å². The first kappa shape index (κ1) is 15.6. The van der Waals surface area contributed by atoms with Gasteiger partial charge in [0.2, 0.25) is 0 Å². The van der Waals surface area contributed by atoms with Gasteiger partial charge in [0.25, 0.3) is 0 Å². The Kier molecular flexibility index (Phi) is 5.42. The maximum Gasteiger partial charge on any atom is 0.165 e. The van der Waals surface area contributed by atoms with Crippen molar-refractivity contribution in [1.82, 2.24) is 5.32 Å². The maximum atomic E-state index is 13.7. The van der Waals surface area contributed by atoms with Crippen molar-refractivity contribution in [3.05, 3.63) is 58.9 Å². The van der Waals surface area contributed by atoms with E-state index in [2.05, 4.69) is 5.32 Å². The van der Waals surface area contributed by atoms with Crippen molar-refractivity contribution in [3.63, 3.8) is 0 Å². The zero-order valence-electron chi connectivity index (χ0n) is 11.9. The number of hydrogen-bond acceptors (Lipinski definition) is 3. The first-order chi connectivity index (χ1) is 10.1. The predicted octanol–water partition coefficient (Wildman–Crippen LogP) is 3.83. The van der Waals surface area contributed by atoms with Crippen LogP contribution in [-0.4, -0.2) is 20.8 Å². The molecule has 3 nitrogen and oxygen atoms in total. The molecule has 21 heavy (non-hydrogen) atoms. The van der Waals surface area contributed by atoms with Crippen molar-refractivity contribution < 1.29 is 13.9 Å². The Balaban J connectivity index is 2.05. The van der Waals surface area contributed by atoms with Crippen LogP contribution in [0.2, 0.25) is 5.02 Å². The Bertz CT molecular complexity index is 589. The fraction of sp³-hybridized carbons (Fsp3) is 0.250. The smallest absolute Gasteiger partial charge is 0.165 e. The van der Waals surface area contributed by atoms with E-state index < -0.39 is 0 Å². The second-order valence-electron chi connectivity index (χ2n) is 4.50. The highest BCUT2D eigenvalue weighted by Gasteiger charge is 2.13. The molecule has 0 bridgehead atoms. The summed E-state index contributed by atoms with van der Waals surface area (Å²) in [5.74, 6) is 0.558. The molecule has 2 aromatic carbocycles. The molecule has 0 amide bonds. The Morgan fingerprint density at radius 3 is 2.48 bits per heavy atom. The molecule has 1 unspecified atom stereocenters. The Morgan fingerprint density at radius 2 is 1.90 bits per heavy atom. The van der Waals surface area contributed by atoms with E-state index in [1.165, 1.54) is 13.2 Å². The molecule has 5 heteroatoms. The zero-order valence-corrected chi connectivity index (χ0v) is 12.7. The van der Waals surface area contributed by atoms with Crippen molar-refractivity contribution in [2.75, 3.05) is 20.8 Å². The minimum atomic E-state index is -0.387. The number of likely N-dealkylation sites (N-methyl/N-ethyl adjacent to an activating group) is 1. The van der Waals surface area contributed by atoms with Crippen molar-refractivity contribution >= 4 is 11.6 Å². The number of ether oxygens (including phenoxy) is 2. The minimum absolute atomic E-state index is 0.124. The molecule has 0 aromatic heterocycles. The monoisotopic (exact) mass is 309 g/mol. The maximum absolute atomic E-state index is 13.7. The third kappa shape index (κ3) is 4.09. The topological polar surface area (TPSA) is 30.5 Å². The van der Waals surface area contributed by atoms with Gasteiger partial charge in [-0.1, -0.05) is 17.7 Å². The lowest BCUT2D eigenvalue weighted by atomic mass is 10.1. The normalized spacial score (nSPS) is 12.0. The Morgan fingerprint density at radius 1 is 1.19 bits per heavy atom. The van der Waals surface area contributed by atoms with E-state index in [1.807, 2.05) is 6.07 Å². The van der Waals surface area contributed by atoms with Crippen LogP contribution in [0.3, 0.4) is 0 Å². The average Bonchev–Trinajstić information content (AvgIpc) is 2.50. The van der Waals surface area contributed by atoms with E-state index >= 15 is 0 Å². The van der Waals surface area contributed by atoms with Crippen LogP contribution in [-0.2, 0) is 0 Å². The summed E-state index contributed by atoms with van der Waals surface area (Å²) in [6.07, 6.45) is 0. The molecule has 112 valence electrons. The van der Waals surface area contributed by atoms with Gasteiger partial charge in [0.05, 0.1) is 13.2 Å². The summed E-state index contributed by atoms with van der Waals surface area (Å²) in [4.78, 5) is 0. The molecule has 0 aliphatic heterocycles. The largest absolute Gasteiger partial charge is 0.494 e. The summed E-state index contributed by atoms with van der Waals surface area (Å²) < 4.78 is 24.4. The molecule has 0 radical (unpaired) electrons. The predicted molar refractivity (Wildman–Crippen MR) is 81.7 cm³/mol. The van der Waals surface area contributed by atoms with Crippen LogP contribution in [0.5, 0.6) is 11.5 Å².